The van der Waals surface area contributed by atoms with Crippen molar-refractivity contribution in [3.63, 3.8) is 0 Å². The number of allylic oxidation sites excluding steroid dienone is 1. The number of methoxy groups -OCH3 is 1. The van der Waals surface area contributed by atoms with Crippen LogP contribution in [0.2, 0.25) is 0 Å². The highest BCUT2D eigenvalue weighted by Crippen LogP contribution is 2.23. The third-order valence-corrected chi connectivity index (χ3v) is 3.14. The van der Waals surface area contributed by atoms with Crippen molar-refractivity contribution in [2.45, 2.75) is 6.36 Å². The second-order valence-corrected chi connectivity index (χ2v) is 4.84. The summed E-state index contributed by atoms with van der Waals surface area (Å²) < 4.78 is 45.1. The molecule has 0 heterocycles. The first-order valence-electron chi connectivity index (χ1n) is 6.99. The zero-order chi connectivity index (χ0) is 18.4. The fourth-order valence-electron chi connectivity index (χ4n) is 1.98. The van der Waals surface area contributed by atoms with E-state index >= 15 is 0 Å². The van der Waals surface area contributed by atoms with Crippen LogP contribution >= 0.6 is 0 Å². The first kappa shape index (κ1) is 18.1. The Morgan fingerprint density at radius 1 is 1.04 bits per heavy atom. The van der Waals surface area contributed by atoms with Gasteiger partial charge in [0.25, 0.3) is 0 Å². The lowest BCUT2D eigenvalue weighted by Gasteiger charge is -2.08. The number of Topliss-reactive ketones (excluding diaryl/α,β-unsaturated/α-hetero) is 1. The molecule has 0 atom stereocenters. The Morgan fingerprint density at radius 3 is 2.08 bits per heavy atom. The van der Waals surface area contributed by atoms with Crippen LogP contribution in [0.25, 0.3) is 6.08 Å². The molecule has 0 saturated carbocycles. The van der Waals surface area contributed by atoms with E-state index < -0.39 is 17.9 Å². The number of nitrogens with zero attached hydrogens (tertiary/aromatic N) is 1. The number of hydrogen-bond acceptors (Lipinski definition) is 4. The maximum atomic E-state index is 12.3. The number of halogens is 3. The summed E-state index contributed by atoms with van der Waals surface area (Å²) in [6, 6.07) is 12.9. The molecular formula is C18H12F3NO3. The molecule has 0 amide bonds. The maximum absolute atomic E-state index is 12.3. The normalized spacial score (nSPS) is 11.6. The van der Waals surface area contributed by atoms with Crippen molar-refractivity contribution in [3.05, 3.63) is 65.2 Å². The average molecular weight is 347 g/mol. The van der Waals surface area contributed by atoms with Crippen LogP contribution in [0.15, 0.2) is 54.1 Å². The summed E-state index contributed by atoms with van der Waals surface area (Å²) in [5, 5.41) is 9.19. The number of rotatable bonds is 5. The van der Waals surface area contributed by atoms with Crippen LogP contribution in [0, 0.1) is 11.3 Å². The van der Waals surface area contributed by atoms with Crippen LogP contribution in [0.3, 0.4) is 0 Å². The lowest BCUT2D eigenvalue weighted by Crippen LogP contribution is -2.17. The minimum absolute atomic E-state index is 0.0795. The molecule has 128 valence electrons. The summed E-state index contributed by atoms with van der Waals surface area (Å²) in [5.41, 5.74) is 0.549. The van der Waals surface area contributed by atoms with Crippen LogP contribution in [-0.4, -0.2) is 19.3 Å². The number of benzene rings is 2. The minimum atomic E-state index is -4.81. The first-order valence-corrected chi connectivity index (χ1v) is 6.99. The molecule has 0 aliphatic carbocycles. The van der Waals surface area contributed by atoms with E-state index in [1.165, 1.54) is 25.3 Å². The van der Waals surface area contributed by atoms with E-state index in [0.717, 1.165) is 12.1 Å². The molecule has 0 aliphatic rings. The minimum Gasteiger partial charge on any atom is -0.497 e. The topological polar surface area (TPSA) is 59.3 Å². The molecule has 0 saturated heterocycles. The molecule has 0 aromatic heterocycles. The van der Waals surface area contributed by atoms with Crippen LogP contribution in [0.5, 0.6) is 11.5 Å². The molecule has 0 N–H and O–H groups in total. The van der Waals surface area contributed by atoms with E-state index in [2.05, 4.69) is 4.74 Å². The number of carbonyl (C=O) groups excluding carboxylic acids is 1. The van der Waals surface area contributed by atoms with Gasteiger partial charge in [-0.25, -0.2) is 0 Å². The Bertz CT molecular complexity index is 817. The van der Waals surface area contributed by atoms with Gasteiger partial charge in [-0.05, 0) is 48.0 Å². The third kappa shape index (κ3) is 5.11. The van der Waals surface area contributed by atoms with Gasteiger partial charge in [-0.3, -0.25) is 4.79 Å². The van der Waals surface area contributed by atoms with Gasteiger partial charge in [0, 0.05) is 5.56 Å². The third-order valence-electron chi connectivity index (χ3n) is 3.14. The molecule has 4 nitrogen and oxygen atoms in total. The Hall–Kier alpha value is -3.27. The molecule has 0 radical (unpaired) electrons. The fourth-order valence-corrected chi connectivity index (χ4v) is 1.98. The van der Waals surface area contributed by atoms with Gasteiger partial charge < -0.3 is 9.47 Å². The number of nitriles is 1. The quantitative estimate of drug-likeness (QED) is 0.457. The van der Waals surface area contributed by atoms with Gasteiger partial charge in [-0.1, -0.05) is 12.1 Å². The molecule has 7 heteroatoms. The molecule has 0 aliphatic heterocycles. The number of ketones is 1. The standard InChI is InChI=1S/C18H12F3NO3/c1-24-15-6-2-12(3-7-15)10-14(11-22)17(23)13-4-8-16(9-5-13)25-18(19,20)21/h2-10H,1H3. The Morgan fingerprint density at radius 2 is 1.60 bits per heavy atom. The van der Waals surface area contributed by atoms with Crippen molar-refractivity contribution in [2.24, 2.45) is 0 Å². The van der Waals surface area contributed by atoms with Crippen LogP contribution in [0.4, 0.5) is 13.2 Å². The van der Waals surface area contributed by atoms with E-state index in [0.29, 0.717) is 11.3 Å². The zero-order valence-corrected chi connectivity index (χ0v) is 13.0. The van der Waals surface area contributed by atoms with Crippen LogP contribution in [0.1, 0.15) is 15.9 Å². The maximum Gasteiger partial charge on any atom is 0.573 e. The summed E-state index contributed by atoms with van der Waals surface area (Å²) in [4.78, 5) is 12.3. The Balaban J connectivity index is 2.21. The summed E-state index contributed by atoms with van der Waals surface area (Å²) in [6.07, 6.45) is -3.42. The van der Waals surface area contributed by atoms with Crippen molar-refractivity contribution >= 4 is 11.9 Å². The largest absolute Gasteiger partial charge is 0.573 e. The smallest absolute Gasteiger partial charge is 0.497 e. The van der Waals surface area contributed by atoms with E-state index in [1.54, 1.807) is 30.3 Å². The SMILES string of the molecule is COc1ccc(C=C(C#N)C(=O)c2ccc(OC(F)(F)F)cc2)cc1. The van der Waals surface area contributed by atoms with Crippen molar-refractivity contribution in [1.29, 1.82) is 5.26 Å². The van der Waals surface area contributed by atoms with Gasteiger partial charge in [0.15, 0.2) is 0 Å². The van der Waals surface area contributed by atoms with Gasteiger partial charge in [0.05, 0.1) is 7.11 Å². The van der Waals surface area contributed by atoms with E-state index in [-0.39, 0.29) is 11.1 Å². The van der Waals surface area contributed by atoms with Crippen molar-refractivity contribution < 1.29 is 27.4 Å². The predicted molar refractivity (Wildman–Crippen MR) is 84.0 cm³/mol. The molecule has 2 aromatic rings. The lowest BCUT2D eigenvalue weighted by molar-refractivity contribution is -0.274. The van der Waals surface area contributed by atoms with E-state index in [4.69, 9.17) is 4.74 Å². The van der Waals surface area contributed by atoms with Gasteiger partial charge in [0.1, 0.15) is 23.1 Å². The number of carbonyl (C=O) groups is 1. The molecular weight excluding hydrogens is 335 g/mol. The summed E-state index contributed by atoms with van der Waals surface area (Å²) in [7, 11) is 1.52. The van der Waals surface area contributed by atoms with Crippen molar-refractivity contribution in [3.8, 4) is 17.6 Å². The molecule has 25 heavy (non-hydrogen) atoms. The van der Waals surface area contributed by atoms with Crippen molar-refractivity contribution in [1.82, 2.24) is 0 Å². The summed E-state index contributed by atoms with van der Waals surface area (Å²) >= 11 is 0. The average Bonchev–Trinajstić information content (AvgIpc) is 2.59. The number of ether oxygens (including phenoxy) is 2. The predicted octanol–water partition coefficient (Wildman–Crippen LogP) is 4.38. The first-order chi connectivity index (χ1) is 11.8. The van der Waals surface area contributed by atoms with E-state index in [1.807, 2.05) is 0 Å². The molecule has 0 spiro atoms. The lowest BCUT2D eigenvalue weighted by atomic mass is 10.0. The number of hydrogen-bond donors (Lipinski definition) is 0. The van der Waals surface area contributed by atoms with Gasteiger partial charge in [-0.15, -0.1) is 13.2 Å². The highest BCUT2D eigenvalue weighted by atomic mass is 19.4. The fraction of sp³-hybridized carbons (Fsp3) is 0.111. The van der Waals surface area contributed by atoms with Crippen molar-refractivity contribution in [2.75, 3.05) is 7.11 Å². The van der Waals surface area contributed by atoms with Gasteiger partial charge in [0.2, 0.25) is 5.78 Å². The molecule has 2 rings (SSSR count). The molecule has 2 aromatic carbocycles. The van der Waals surface area contributed by atoms with Gasteiger partial charge in [-0.2, -0.15) is 5.26 Å². The van der Waals surface area contributed by atoms with Gasteiger partial charge >= 0.3 is 6.36 Å². The second-order valence-electron chi connectivity index (χ2n) is 4.84. The number of alkyl halides is 3. The summed E-state index contributed by atoms with van der Waals surface area (Å²) in [6.45, 7) is 0. The highest BCUT2D eigenvalue weighted by Gasteiger charge is 2.31. The van der Waals surface area contributed by atoms with Crippen LogP contribution < -0.4 is 9.47 Å². The monoisotopic (exact) mass is 347 g/mol. The highest BCUT2D eigenvalue weighted by molar-refractivity contribution is 6.14. The summed E-state index contributed by atoms with van der Waals surface area (Å²) in [5.74, 6) is -0.416. The Labute approximate surface area is 141 Å². The van der Waals surface area contributed by atoms with E-state index in [9.17, 15) is 23.2 Å². The molecule has 0 unspecified atom stereocenters. The molecule has 0 bridgehead atoms. The molecule has 0 fully saturated rings. The zero-order valence-electron chi connectivity index (χ0n) is 13.0. The Kier molecular flexibility index (Phi) is 5.45. The van der Waals surface area contributed by atoms with Crippen LogP contribution in [-0.2, 0) is 0 Å². The second kappa shape index (κ2) is 7.53.